The maximum absolute atomic E-state index is 13.4. The summed E-state index contributed by atoms with van der Waals surface area (Å²) in [5.74, 6) is -0.478. The van der Waals surface area contributed by atoms with Crippen LogP contribution < -0.4 is 9.47 Å². The first-order chi connectivity index (χ1) is 14.9. The van der Waals surface area contributed by atoms with Crippen LogP contribution in [0.4, 0.5) is 4.39 Å². The van der Waals surface area contributed by atoms with Crippen molar-refractivity contribution in [3.8, 4) is 17.6 Å². The Balaban J connectivity index is 1.88. The molecule has 5 nitrogen and oxygen atoms in total. The number of methoxy groups -OCH3 is 1. The lowest BCUT2D eigenvalue weighted by atomic mass is 10.0. The van der Waals surface area contributed by atoms with Crippen LogP contribution in [0, 0.1) is 17.1 Å². The van der Waals surface area contributed by atoms with Gasteiger partial charge < -0.3 is 14.6 Å². The molecule has 3 aromatic rings. The first kappa shape index (κ1) is 22.1. The Morgan fingerprint density at radius 1 is 1.16 bits per heavy atom. The number of nitriles is 1. The van der Waals surface area contributed by atoms with Crippen molar-refractivity contribution in [3.63, 3.8) is 0 Å². The van der Waals surface area contributed by atoms with E-state index in [1.807, 2.05) is 0 Å². The number of benzene rings is 3. The van der Waals surface area contributed by atoms with Crippen LogP contribution in [0.3, 0.4) is 0 Å². The van der Waals surface area contributed by atoms with E-state index < -0.39 is 5.97 Å². The minimum Gasteiger partial charge on any atom is -0.493 e. The molecule has 0 saturated carbocycles. The number of halogens is 2. The molecule has 0 atom stereocenters. The maximum Gasteiger partial charge on any atom is 0.335 e. The molecule has 0 amide bonds. The highest BCUT2D eigenvalue weighted by Crippen LogP contribution is 2.38. The standard InChI is InChI=1S/C24H17BrFNO4/c1-30-22-12-16(9-19(13-27)17-5-7-18(8-6-17)24(28)29)11-21(25)23(22)31-14-15-3-2-4-20(26)10-15/h2-12H,14H2,1H3,(H,28,29). The van der Waals surface area contributed by atoms with Crippen molar-refractivity contribution in [2.45, 2.75) is 6.61 Å². The van der Waals surface area contributed by atoms with Crippen LogP contribution in [0.1, 0.15) is 27.0 Å². The van der Waals surface area contributed by atoms with Crippen molar-refractivity contribution >= 4 is 33.5 Å². The highest BCUT2D eigenvalue weighted by atomic mass is 79.9. The van der Waals surface area contributed by atoms with Crippen LogP contribution in [-0.2, 0) is 6.61 Å². The molecule has 7 heteroatoms. The Kier molecular flexibility index (Phi) is 7.06. The van der Waals surface area contributed by atoms with Gasteiger partial charge in [-0.1, -0.05) is 24.3 Å². The van der Waals surface area contributed by atoms with Gasteiger partial charge in [-0.3, -0.25) is 0 Å². The molecule has 3 aromatic carbocycles. The van der Waals surface area contributed by atoms with Gasteiger partial charge in [-0.25, -0.2) is 9.18 Å². The number of carbonyl (C=O) groups is 1. The Morgan fingerprint density at radius 3 is 2.48 bits per heavy atom. The van der Waals surface area contributed by atoms with E-state index in [0.29, 0.717) is 38.2 Å². The van der Waals surface area contributed by atoms with Gasteiger partial charge in [0.25, 0.3) is 0 Å². The lowest BCUT2D eigenvalue weighted by molar-refractivity contribution is 0.0697. The van der Waals surface area contributed by atoms with Crippen molar-refractivity contribution < 1.29 is 23.8 Å². The zero-order chi connectivity index (χ0) is 22.4. The Bertz CT molecular complexity index is 1180. The van der Waals surface area contributed by atoms with E-state index in [-0.39, 0.29) is 18.0 Å². The maximum atomic E-state index is 13.4. The van der Waals surface area contributed by atoms with Crippen LogP contribution >= 0.6 is 15.9 Å². The van der Waals surface area contributed by atoms with Gasteiger partial charge in [0.1, 0.15) is 12.4 Å². The summed E-state index contributed by atoms with van der Waals surface area (Å²) in [6, 6.07) is 17.8. The summed E-state index contributed by atoms with van der Waals surface area (Å²) < 4.78 is 25.2. The molecule has 156 valence electrons. The van der Waals surface area contributed by atoms with E-state index in [4.69, 9.17) is 14.6 Å². The predicted molar refractivity (Wildman–Crippen MR) is 118 cm³/mol. The average molecular weight is 482 g/mol. The summed E-state index contributed by atoms with van der Waals surface area (Å²) in [5.41, 5.74) is 2.45. The minimum atomic E-state index is -1.03. The van der Waals surface area contributed by atoms with Crippen LogP contribution in [-0.4, -0.2) is 18.2 Å². The minimum absolute atomic E-state index is 0.144. The Morgan fingerprint density at radius 2 is 1.87 bits per heavy atom. The highest BCUT2D eigenvalue weighted by Gasteiger charge is 2.13. The highest BCUT2D eigenvalue weighted by molar-refractivity contribution is 9.10. The molecule has 0 aromatic heterocycles. The van der Waals surface area contributed by atoms with Crippen molar-refractivity contribution in [1.82, 2.24) is 0 Å². The molecule has 0 fully saturated rings. The van der Waals surface area contributed by atoms with E-state index in [9.17, 15) is 14.4 Å². The number of ether oxygens (including phenoxy) is 2. The van der Waals surface area contributed by atoms with E-state index in [1.54, 1.807) is 42.5 Å². The molecule has 0 aliphatic rings. The number of hydrogen-bond acceptors (Lipinski definition) is 4. The van der Waals surface area contributed by atoms with Gasteiger partial charge in [0.15, 0.2) is 11.5 Å². The number of rotatable bonds is 7. The van der Waals surface area contributed by atoms with Crippen molar-refractivity contribution in [1.29, 1.82) is 5.26 Å². The van der Waals surface area contributed by atoms with Crippen LogP contribution in [0.25, 0.3) is 11.6 Å². The number of carboxylic acid groups (broad SMARTS) is 1. The van der Waals surface area contributed by atoms with Gasteiger partial charge in [0, 0.05) is 0 Å². The lowest BCUT2D eigenvalue weighted by Gasteiger charge is -2.14. The first-order valence-corrected chi connectivity index (χ1v) is 9.91. The summed E-state index contributed by atoms with van der Waals surface area (Å²) in [6.45, 7) is 0.154. The molecule has 0 radical (unpaired) electrons. The first-order valence-electron chi connectivity index (χ1n) is 9.11. The fraction of sp³-hybridized carbons (Fsp3) is 0.0833. The van der Waals surface area contributed by atoms with Gasteiger partial charge in [-0.2, -0.15) is 5.26 Å². The molecule has 31 heavy (non-hydrogen) atoms. The number of aromatic carboxylic acids is 1. The zero-order valence-electron chi connectivity index (χ0n) is 16.4. The number of hydrogen-bond donors (Lipinski definition) is 1. The molecule has 3 rings (SSSR count). The molecular formula is C24H17BrFNO4. The van der Waals surface area contributed by atoms with Gasteiger partial charge >= 0.3 is 5.97 Å². The smallest absolute Gasteiger partial charge is 0.335 e. The van der Waals surface area contributed by atoms with E-state index in [0.717, 1.165) is 0 Å². The van der Waals surface area contributed by atoms with E-state index >= 15 is 0 Å². The van der Waals surface area contributed by atoms with Gasteiger partial charge in [-0.05, 0) is 75.1 Å². The van der Waals surface area contributed by atoms with Crippen molar-refractivity contribution in [3.05, 3.63) is 93.2 Å². The fourth-order valence-corrected chi connectivity index (χ4v) is 3.46. The van der Waals surface area contributed by atoms with Crippen LogP contribution in [0.15, 0.2) is 65.1 Å². The van der Waals surface area contributed by atoms with Crippen LogP contribution in [0.2, 0.25) is 0 Å². The largest absolute Gasteiger partial charge is 0.493 e. The van der Waals surface area contributed by atoms with Gasteiger partial charge in [0.05, 0.1) is 28.8 Å². The summed E-state index contributed by atoms with van der Waals surface area (Å²) in [7, 11) is 1.50. The SMILES string of the molecule is COc1cc(C=C(C#N)c2ccc(C(=O)O)cc2)cc(Br)c1OCc1cccc(F)c1. The Labute approximate surface area is 187 Å². The average Bonchev–Trinajstić information content (AvgIpc) is 2.76. The molecule has 0 aliphatic heterocycles. The number of nitrogens with zero attached hydrogens (tertiary/aromatic N) is 1. The second-order valence-corrected chi connectivity index (χ2v) is 7.36. The molecule has 0 aliphatic carbocycles. The van der Waals surface area contributed by atoms with Crippen molar-refractivity contribution in [2.75, 3.05) is 7.11 Å². The lowest BCUT2D eigenvalue weighted by Crippen LogP contribution is -1.99. The molecule has 0 saturated heterocycles. The quantitative estimate of drug-likeness (QED) is 0.333. The molecule has 1 N–H and O–H groups in total. The summed E-state index contributed by atoms with van der Waals surface area (Å²) in [5, 5.41) is 18.6. The molecule has 0 unspecified atom stereocenters. The number of allylic oxidation sites excluding steroid dienone is 1. The summed E-state index contributed by atoms with van der Waals surface area (Å²) in [4.78, 5) is 11.0. The molecule has 0 heterocycles. The normalized spacial score (nSPS) is 11.0. The van der Waals surface area contributed by atoms with Crippen LogP contribution in [0.5, 0.6) is 11.5 Å². The summed E-state index contributed by atoms with van der Waals surface area (Å²) >= 11 is 3.46. The van der Waals surface area contributed by atoms with E-state index in [2.05, 4.69) is 22.0 Å². The molecular weight excluding hydrogens is 465 g/mol. The monoisotopic (exact) mass is 481 g/mol. The third-order valence-corrected chi connectivity index (χ3v) is 4.99. The third-order valence-electron chi connectivity index (χ3n) is 4.40. The summed E-state index contributed by atoms with van der Waals surface area (Å²) in [6.07, 6.45) is 1.67. The second kappa shape index (κ2) is 9.92. The second-order valence-electron chi connectivity index (χ2n) is 6.51. The van der Waals surface area contributed by atoms with Gasteiger partial charge in [-0.15, -0.1) is 0 Å². The van der Waals surface area contributed by atoms with Crippen molar-refractivity contribution in [2.24, 2.45) is 0 Å². The topological polar surface area (TPSA) is 79.5 Å². The van der Waals surface area contributed by atoms with Gasteiger partial charge in [0.2, 0.25) is 0 Å². The Hall–Kier alpha value is -3.63. The molecule has 0 spiro atoms. The predicted octanol–water partition coefficient (Wildman–Crippen LogP) is 5.94. The van der Waals surface area contributed by atoms with E-state index in [1.165, 1.54) is 31.4 Å². The fourth-order valence-electron chi connectivity index (χ4n) is 2.88. The zero-order valence-corrected chi connectivity index (χ0v) is 18.0. The molecule has 0 bridgehead atoms. The number of carboxylic acids is 1. The third kappa shape index (κ3) is 5.50.